The first-order chi connectivity index (χ1) is 15.7. The first-order valence-electron chi connectivity index (χ1n) is 11.0. The quantitative estimate of drug-likeness (QED) is 0.501. The molecule has 1 amide bonds. The highest BCUT2D eigenvalue weighted by Crippen LogP contribution is 2.25. The van der Waals surface area contributed by atoms with E-state index in [4.69, 9.17) is 0 Å². The Morgan fingerprint density at radius 2 is 1.53 bits per heavy atom. The average molecular weight is 427 g/mol. The number of fused-ring (bicyclic) bond motifs is 1. The number of hydrogen-bond acceptors (Lipinski definition) is 3. The zero-order valence-corrected chi connectivity index (χ0v) is 17.8. The van der Waals surface area contributed by atoms with Crippen molar-refractivity contribution in [2.75, 3.05) is 25.0 Å². The zero-order chi connectivity index (χ0) is 21.9. The molecule has 0 radical (unpaired) electrons. The molecule has 1 fully saturated rings. The van der Waals surface area contributed by atoms with Gasteiger partial charge in [-0.25, -0.2) is 4.79 Å². The SMILES string of the molecule is O=C(CN1CCC(n2c(=O)[nH]c3ccccc32)CC1)Nc1ccc(-c2ccccc2)cc1. The maximum atomic E-state index is 12.6. The minimum absolute atomic E-state index is 0.0137. The van der Waals surface area contributed by atoms with E-state index in [1.807, 2.05) is 71.3 Å². The van der Waals surface area contributed by atoms with Gasteiger partial charge in [-0.2, -0.15) is 0 Å². The molecule has 2 N–H and O–H groups in total. The third-order valence-electron chi connectivity index (χ3n) is 6.19. The van der Waals surface area contributed by atoms with E-state index in [0.717, 1.165) is 53.8 Å². The van der Waals surface area contributed by atoms with Crippen LogP contribution in [0.25, 0.3) is 22.2 Å². The summed E-state index contributed by atoms with van der Waals surface area (Å²) in [5, 5.41) is 3.00. The third kappa shape index (κ3) is 4.22. The Labute approximate surface area is 186 Å². The topological polar surface area (TPSA) is 70.1 Å². The minimum Gasteiger partial charge on any atom is -0.325 e. The Balaban J connectivity index is 1.16. The molecular weight excluding hydrogens is 400 g/mol. The van der Waals surface area contributed by atoms with Crippen molar-refractivity contribution in [3.63, 3.8) is 0 Å². The highest BCUT2D eigenvalue weighted by molar-refractivity contribution is 5.92. The molecular formula is C26H26N4O2. The van der Waals surface area contributed by atoms with Gasteiger partial charge in [-0.15, -0.1) is 0 Å². The van der Waals surface area contributed by atoms with Gasteiger partial charge in [0.25, 0.3) is 0 Å². The molecule has 0 unspecified atom stereocenters. The number of anilines is 1. The molecule has 0 aliphatic carbocycles. The van der Waals surface area contributed by atoms with Crippen molar-refractivity contribution in [3.8, 4) is 11.1 Å². The van der Waals surface area contributed by atoms with E-state index in [0.29, 0.717) is 6.54 Å². The van der Waals surface area contributed by atoms with E-state index in [2.05, 4.69) is 27.3 Å². The molecule has 1 aliphatic rings. The van der Waals surface area contributed by atoms with Gasteiger partial charge < -0.3 is 10.3 Å². The second-order valence-corrected chi connectivity index (χ2v) is 8.32. The molecule has 6 heteroatoms. The number of rotatable bonds is 5. The van der Waals surface area contributed by atoms with E-state index in [9.17, 15) is 9.59 Å². The van der Waals surface area contributed by atoms with Crippen molar-refractivity contribution in [1.29, 1.82) is 0 Å². The summed E-state index contributed by atoms with van der Waals surface area (Å²) >= 11 is 0. The summed E-state index contributed by atoms with van der Waals surface area (Å²) in [4.78, 5) is 30.1. The largest absolute Gasteiger partial charge is 0.326 e. The first-order valence-corrected chi connectivity index (χ1v) is 11.0. The molecule has 5 rings (SSSR count). The predicted octanol–water partition coefficient (Wildman–Crippen LogP) is 4.27. The Morgan fingerprint density at radius 1 is 0.875 bits per heavy atom. The Hall–Kier alpha value is -3.64. The number of aromatic amines is 1. The lowest BCUT2D eigenvalue weighted by molar-refractivity contribution is -0.117. The fourth-order valence-electron chi connectivity index (χ4n) is 4.55. The molecule has 1 aliphatic heterocycles. The third-order valence-corrected chi connectivity index (χ3v) is 6.19. The van der Waals surface area contributed by atoms with Gasteiger partial charge in [0.2, 0.25) is 5.91 Å². The average Bonchev–Trinajstić information content (AvgIpc) is 3.16. The first kappa shape index (κ1) is 20.3. The van der Waals surface area contributed by atoms with Crippen LogP contribution in [0.15, 0.2) is 83.7 Å². The lowest BCUT2D eigenvalue weighted by Crippen LogP contribution is -2.40. The molecule has 1 aromatic heterocycles. The molecule has 0 saturated carbocycles. The van der Waals surface area contributed by atoms with Crippen molar-refractivity contribution < 1.29 is 4.79 Å². The van der Waals surface area contributed by atoms with E-state index in [-0.39, 0.29) is 17.6 Å². The van der Waals surface area contributed by atoms with Gasteiger partial charge in [0.05, 0.1) is 17.6 Å². The highest BCUT2D eigenvalue weighted by atomic mass is 16.2. The second kappa shape index (κ2) is 8.85. The summed E-state index contributed by atoms with van der Waals surface area (Å²) in [5.74, 6) is -0.0137. The van der Waals surface area contributed by atoms with Crippen LogP contribution in [0, 0.1) is 0 Å². The monoisotopic (exact) mass is 426 g/mol. The fraction of sp³-hybridized carbons (Fsp3) is 0.231. The Morgan fingerprint density at radius 3 is 2.28 bits per heavy atom. The highest BCUT2D eigenvalue weighted by Gasteiger charge is 2.24. The Bertz CT molecular complexity index is 1270. The molecule has 0 atom stereocenters. The van der Waals surface area contributed by atoms with Gasteiger partial charge in [0.15, 0.2) is 0 Å². The van der Waals surface area contributed by atoms with Gasteiger partial charge in [0.1, 0.15) is 0 Å². The van der Waals surface area contributed by atoms with Crippen LogP contribution < -0.4 is 11.0 Å². The number of imidazole rings is 1. The summed E-state index contributed by atoms with van der Waals surface area (Å²) in [6.07, 6.45) is 1.70. The molecule has 1 saturated heterocycles. The lowest BCUT2D eigenvalue weighted by atomic mass is 10.0. The van der Waals surface area contributed by atoms with Crippen molar-refractivity contribution in [2.24, 2.45) is 0 Å². The number of nitrogens with one attached hydrogen (secondary N) is 2. The number of piperidine rings is 1. The van der Waals surface area contributed by atoms with Crippen molar-refractivity contribution in [2.45, 2.75) is 18.9 Å². The molecule has 4 aromatic rings. The smallest absolute Gasteiger partial charge is 0.325 e. The van der Waals surface area contributed by atoms with Crippen LogP contribution in [-0.4, -0.2) is 40.0 Å². The van der Waals surface area contributed by atoms with Gasteiger partial charge in [-0.05, 0) is 48.2 Å². The molecule has 6 nitrogen and oxygen atoms in total. The number of amides is 1. The summed E-state index contributed by atoms with van der Waals surface area (Å²) in [6, 6.07) is 26.1. The molecule has 162 valence electrons. The van der Waals surface area contributed by atoms with E-state index in [1.54, 1.807) is 0 Å². The van der Waals surface area contributed by atoms with Crippen molar-refractivity contribution in [1.82, 2.24) is 14.5 Å². The lowest BCUT2D eigenvalue weighted by Gasteiger charge is -2.32. The predicted molar refractivity (Wildman–Crippen MR) is 128 cm³/mol. The summed E-state index contributed by atoms with van der Waals surface area (Å²) in [6.45, 7) is 1.93. The van der Waals surface area contributed by atoms with Crippen LogP contribution in [0.3, 0.4) is 0 Å². The molecule has 0 bridgehead atoms. The van der Waals surface area contributed by atoms with Crippen LogP contribution in [0.2, 0.25) is 0 Å². The number of H-pyrrole nitrogens is 1. The summed E-state index contributed by atoms with van der Waals surface area (Å²) in [7, 11) is 0. The minimum atomic E-state index is -0.0543. The summed E-state index contributed by atoms with van der Waals surface area (Å²) < 4.78 is 1.88. The molecule has 32 heavy (non-hydrogen) atoms. The van der Waals surface area contributed by atoms with Crippen LogP contribution in [-0.2, 0) is 4.79 Å². The molecule has 0 spiro atoms. The van der Waals surface area contributed by atoms with E-state index < -0.39 is 0 Å². The van der Waals surface area contributed by atoms with Crippen LogP contribution in [0.1, 0.15) is 18.9 Å². The molecule has 3 aromatic carbocycles. The fourth-order valence-corrected chi connectivity index (χ4v) is 4.55. The van der Waals surface area contributed by atoms with Crippen molar-refractivity contribution >= 4 is 22.6 Å². The van der Waals surface area contributed by atoms with Crippen LogP contribution >= 0.6 is 0 Å². The number of benzene rings is 3. The van der Waals surface area contributed by atoms with Gasteiger partial charge in [-0.3, -0.25) is 14.3 Å². The van der Waals surface area contributed by atoms with Gasteiger partial charge in [-0.1, -0.05) is 54.6 Å². The normalized spacial score (nSPS) is 15.1. The maximum absolute atomic E-state index is 12.6. The zero-order valence-electron chi connectivity index (χ0n) is 17.8. The molecule has 2 heterocycles. The number of para-hydroxylation sites is 2. The standard InChI is InChI=1S/C26H26N4O2/c31-25(27-21-12-10-20(11-13-21)19-6-2-1-3-7-19)18-29-16-14-22(15-17-29)30-24-9-5-4-8-23(24)28-26(30)32/h1-13,22H,14-18H2,(H,27,31)(H,28,32). The number of carbonyl (C=O) groups is 1. The number of carbonyl (C=O) groups excluding carboxylic acids is 1. The number of nitrogens with zero attached hydrogens (tertiary/aromatic N) is 2. The summed E-state index contributed by atoms with van der Waals surface area (Å²) in [5.41, 5.74) is 4.85. The van der Waals surface area contributed by atoms with Crippen LogP contribution in [0.5, 0.6) is 0 Å². The van der Waals surface area contributed by atoms with Gasteiger partial charge >= 0.3 is 5.69 Å². The van der Waals surface area contributed by atoms with Crippen molar-refractivity contribution in [3.05, 3.63) is 89.3 Å². The number of likely N-dealkylation sites (tertiary alicyclic amines) is 1. The number of hydrogen-bond donors (Lipinski definition) is 2. The van der Waals surface area contributed by atoms with Gasteiger partial charge in [0, 0.05) is 24.8 Å². The second-order valence-electron chi connectivity index (χ2n) is 8.32. The van der Waals surface area contributed by atoms with E-state index >= 15 is 0 Å². The number of aromatic nitrogens is 2. The Kier molecular flexibility index (Phi) is 5.60. The maximum Gasteiger partial charge on any atom is 0.326 e. The van der Waals surface area contributed by atoms with E-state index in [1.165, 1.54) is 0 Å². The van der Waals surface area contributed by atoms with Crippen LogP contribution in [0.4, 0.5) is 5.69 Å².